The van der Waals surface area contributed by atoms with Crippen molar-refractivity contribution in [3.05, 3.63) is 0 Å². The molecule has 2 unspecified atom stereocenters. The van der Waals surface area contributed by atoms with Gasteiger partial charge < -0.3 is 9.42 Å². The lowest BCUT2D eigenvalue weighted by Crippen LogP contribution is -2.44. The molecule has 1 rings (SSSR count). The van der Waals surface area contributed by atoms with Gasteiger partial charge in [0.05, 0.1) is 6.61 Å². The van der Waals surface area contributed by atoms with Gasteiger partial charge in [0.25, 0.3) is 0 Å². The van der Waals surface area contributed by atoms with Crippen molar-refractivity contribution in [2.75, 3.05) is 24.9 Å². The summed E-state index contributed by atoms with van der Waals surface area (Å²) >= 11 is 11.3. The monoisotopic (exact) mass is 261 g/mol. The van der Waals surface area contributed by atoms with Crippen LogP contribution in [0.3, 0.4) is 0 Å². The average molecular weight is 262 g/mol. The van der Waals surface area contributed by atoms with Crippen molar-refractivity contribution in [1.29, 1.82) is 0 Å². The van der Waals surface area contributed by atoms with Crippen LogP contribution in [0, 0.1) is 0 Å². The zero-order valence-electron chi connectivity index (χ0n) is 7.90. The highest BCUT2D eigenvalue weighted by Gasteiger charge is 2.38. The van der Waals surface area contributed by atoms with Gasteiger partial charge in [0.15, 0.2) is 0 Å². The van der Waals surface area contributed by atoms with Crippen LogP contribution in [0.15, 0.2) is 0 Å². The lowest BCUT2D eigenvalue weighted by Gasteiger charge is -2.45. The Balaban J connectivity index is 2.63. The van der Waals surface area contributed by atoms with Crippen LogP contribution in [0.5, 0.6) is 0 Å². The Hall–Kier alpha value is 0.850. The molecule has 0 spiro atoms. The summed E-state index contributed by atoms with van der Waals surface area (Å²) in [5, 5.41) is 0. The van der Waals surface area contributed by atoms with Crippen LogP contribution in [0.2, 0.25) is 0 Å². The Morgan fingerprint density at radius 1 is 1.50 bits per heavy atom. The lowest BCUT2D eigenvalue weighted by molar-refractivity contribution is 0.138. The average Bonchev–Trinajstić information content (AvgIpc) is 2.11. The minimum atomic E-state index is -2.86. The van der Waals surface area contributed by atoms with E-state index in [1.807, 2.05) is 0 Å². The van der Waals surface area contributed by atoms with Crippen molar-refractivity contribution in [2.24, 2.45) is 5.50 Å². The fourth-order valence-electron chi connectivity index (χ4n) is 1.61. The first-order chi connectivity index (χ1) is 6.61. The van der Waals surface area contributed by atoms with Crippen LogP contribution in [0.4, 0.5) is 0 Å². The van der Waals surface area contributed by atoms with Crippen LogP contribution in [0.1, 0.15) is 12.8 Å². The Morgan fingerprint density at radius 2 is 2.21 bits per heavy atom. The zero-order valence-corrected chi connectivity index (χ0v) is 10.3. The number of hydrogen-bond donors (Lipinski definition) is 2. The van der Waals surface area contributed by atoms with E-state index in [1.54, 1.807) is 4.67 Å². The highest BCUT2D eigenvalue weighted by atomic mass is 35.5. The van der Waals surface area contributed by atoms with Crippen molar-refractivity contribution in [1.82, 2.24) is 4.67 Å². The second-order valence-electron chi connectivity index (χ2n) is 3.19. The van der Waals surface area contributed by atoms with Crippen LogP contribution in [0.25, 0.3) is 0 Å². The third-order valence-corrected chi connectivity index (χ3v) is 4.49. The highest BCUT2D eigenvalue weighted by Crippen LogP contribution is 2.55. The molecule has 3 N–H and O–H groups in total. The van der Waals surface area contributed by atoms with Gasteiger partial charge in [-0.05, 0) is 12.8 Å². The van der Waals surface area contributed by atoms with E-state index in [4.69, 9.17) is 33.2 Å². The molecule has 7 heteroatoms. The van der Waals surface area contributed by atoms with E-state index >= 15 is 0 Å². The van der Waals surface area contributed by atoms with Gasteiger partial charge >= 0.3 is 0 Å². The number of hydrogen-bond acceptors (Lipinski definition) is 4. The molecule has 1 fully saturated rings. The number of nitrogens with two attached hydrogens (primary N) is 1. The number of alkyl halides is 2. The largest absolute Gasteiger partial charge is 0.333 e. The molecule has 85 valence electrons. The fourth-order valence-corrected chi connectivity index (χ4v) is 3.77. The van der Waals surface area contributed by atoms with E-state index in [0.717, 1.165) is 12.8 Å². The standard InChI is InChI=1S/C7H16Cl2N2O2P/c8-3-1-7-2-6-13-14(10,12)11(7)5-4-9/h7,12H,1-6,10H2. The summed E-state index contributed by atoms with van der Waals surface area (Å²) in [6.07, 6.45) is 1.66. The first-order valence-corrected chi connectivity index (χ1v) is 7.31. The lowest BCUT2D eigenvalue weighted by atomic mass is 10.1. The van der Waals surface area contributed by atoms with Gasteiger partial charge in [0, 0.05) is 24.3 Å². The Labute approximate surface area is 94.9 Å². The number of halogens is 2. The van der Waals surface area contributed by atoms with Crippen molar-refractivity contribution in [2.45, 2.75) is 18.9 Å². The van der Waals surface area contributed by atoms with Crippen LogP contribution < -0.4 is 5.50 Å². The van der Waals surface area contributed by atoms with Gasteiger partial charge in [0.2, 0.25) is 8.02 Å². The first kappa shape index (κ1) is 12.9. The first-order valence-electron chi connectivity index (χ1n) is 4.55. The van der Waals surface area contributed by atoms with E-state index < -0.39 is 8.02 Å². The van der Waals surface area contributed by atoms with Crippen molar-refractivity contribution in [3.63, 3.8) is 0 Å². The molecule has 1 aliphatic rings. The highest BCUT2D eigenvalue weighted by molar-refractivity contribution is 7.60. The van der Waals surface area contributed by atoms with E-state index in [1.165, 1.54) is 0 Å². The minimum Gasteiger partial charge on any atom is -0.333 e. The molecular formula is C7H16Cl2N2O2P. The Morgan fingerprint density at radius 3 is 2.79 bits per heavy atom. The maximum Gasteiger partial charge on any atom is 0.241 e. The topological polar surface area (TPSA) is 58.7 Å². The molecule has 4 nitrogen and oxygen atoms in total. The van der Waals surface area contributed by atoms with E-state index in [0.29, 0.717) is 24.9 Å². The third-order valence-electron chi connectivity index (χ3n) is 2.28. The summed E-state index contributed by atoms with van der Waals surface area (Å²) in [4.78, 5) is 9.85. The molecule has 0 aromatic carbocycles. The minimum absolute atomic E-state index is 0.198. The van der Waals surface area contributed by atoms with Gasteiger partial charge in [-0.2, -0.15) is 0 Å². The molecule has 0 aromatic rings. The van der Waals surface area contributed by atoms with Crippen molar-refractivity contribution in [3.8, 4) is 0 Å². The summed E-state index contributed by atoms with van der Waals surface area (Å²) in [6, 6.07) is 0.198. The van der Waals surface area contributed by atoms with E-state index in [-0.39, 0.29) is 6.04 Å². The fraction of sp³-hybridized carbons (Fsp3) is 1.00. The van der Waals surface area contributed by atoms with Gasteiger partial charge in [0.1, 0.15) is 0 Å². The summed E-state index contributed by atoms with van der Waals surface area (Å²) in [7, 11) is -2.86. The van der Waals surface area contributed by atoms with Crippen molar-refractivity contribution >= 4 is 31.2 Å². The van der Waals surface area contributed by atoms with E-state index in [9.17, 15) is 4.89 Å². The molecule has 0 bridgehead atoms. The zero-order chi connectivity index (χ0) is 10.6. The molecule has 0 aliphatic carbocycles. The van der Waals surface area contributed by atoms with E-state index in [2.05, 4.69) is 0 Å². The molecule has 1 aliphatic heterocycles. The molecule has 1 saturated heterocycles. The normalized spacial score (nSPS) is 34.7. The molecule has 1 heterocycles. The molecule has 14 heavy (non-hydrogen) atoms. The second kappa shape index (κ2) is 5.80. The number of rotatable bonds is 4. The summed E-state index contributed by atoms with van der Waals surface area (Å²) in [6.45, 7) is 1.05. The van der Waals surface area contributed by atoms with Crippen molar-refractivity contribution < 1.29 is 9.42 Å². The third kappa shape index (κ3) is 3.17. The molecule has 0 amide bonds. The van der Waals surface area contributed by atoms with Crippen LogP contribution in [-0.4, -0.2) is 40.5 Å². The molecule has 0 saturated carbocycles. The summed E-state index contributed by atoms with van der Waals surface area (Å²) in [5.74, 6) is 0.991. The summed E-state index contributed by atoms with van der Waals surface area (Å²) < 4.78 is 6.95. The quantitative estimate of drug-likeness (QED) is 0.596. The Bertz CT molecular complexity index is 183. The van der Waals surface area contributed by atoms with Gasteiger partial charge in [-0.3, -0.25) is 5.50 Å². The molecule has 1 radical (unpaired) electrons. The predicted octanol–water partition coefficient (Wildman–Crippen LogP) is 1.57. The van der Waals surface area contributed by atoms with Crippen LogP contribution >= 0.6 is 31.2 Å². The van der Waals surface area contributed by atoms with Crippen LogP contribution in [-0.2, 0) is 4.52 Å². The maximum absolute atomic E-state index is 9.85. The summed E-state index contributed by atoms with van der Waals surface area (Å²) in [5.41, 5.74) is 5.70. The van der Waals surface area contributed by atoms with Gasteiger partial charge in [-0.1, -0.05) is 0 Å². The van der Waals surface area contributed by atoms with Gasteiger partial charge in [-0.15, -0.1) is 23.2 Å². The number of nitrogens with zero attached hydrogens (tertiary/aromatic N) is 1. The second-order valence-corrected chi connectivity index (χ2v) is 5.90. The van der Waals surface area contributed by atoms with Gasteiger partial charge in [-0.25, -0.2) is 4.67 Å². The SMILES string of the molecule is N[P]1(O)OCCC(CCCl)N1CCCl. The maximum atomic E-state index is 9.85. The molecule has 2 atom stereocenters. The molecular weight excluding hydrogens is 246 g/mol. The Kier molecular flexibility index (Phi) is 5.36. The molecule has 0 aromatic heterocycles. The smallest absolute Gasteiger partial charge is 0.241 e. The predicted molar refractivity (Wildman–Crippen MR) is 60.4 cm³/mol.